The Labute approximate surface area is 219 Å². The van der Waals surface area contributed by atoms with Crippen molar-refractivity contribution in [2.24, 2.45) is 0 Å². The van der Waals surface area contributed by atoms with Crippen molar-refractivity contribution in [3.63, 3.8) is 0 Å². The van der Waals surface area contributed by atoms with Crippen LogP contribution >= 0.6 is 0 Å². The van der Waals surface area contributed by atoms with Crippen molar-refractivity contribution in [2.45, 2.75) is 30.3 Å². The molecule has 0 radical (unpaired) electrons. The molecule has 1 aliphatic heterocycles. The Hall–Kier alpha value is -4.41. The molecule has 38 heavy (non-hydrogen) atoms. The molecule has 2 heterocycles. The molecule has 1 atom stereocenters. The molecule has 1 aliphatic rings. The number of rotatable bonds is 6. The predicted molar refractivity (Wildman–Crippen MR) is 143 cm³/mol. The van der Waals surface area contributed by atoms with Gasteiger partial charge in [0.1, 0.15) is 6.04 Å². The number of carbonyl (C=O) groups excluding carboxylic acids is 1. The van der Waals surface area contributed by atoms with E-state index in [9.17, 15) is 13.2 Å². The van der Waals surface area contributed by atoms with E-state index in [-0.39, 0.29) is 17.9 Å². The van der Waals surface area contributed by atoms with Crippen LogP contribution in [0.3, 0.4) is 0 Å². The van der Waals surface area contributed by atoms with E-state index in [1.807, 2.05) is 66.7 Å². The minimum absolute atomic E-state index is 0.105. The highest BCUT2D eigenvalue weighted by Crippen LogP contribution is 2.31. The maximum absolute atomic E-state index is 14.0. The monoisotopic (exact) mass is 524 g/mol. The number of para-hydroxylation sites is 1. The van der Waals surface area contributed by atoms with Crippen molar-refractivity contribution < 1.29 is 13.2 Å². The zero-order valence-electron chi connectivity index (χ0n) is 20.3. The number of amides is 1. The summed E-state index contributed by atoms with van der Waals surface area (Å²) in [5.74, 6) is 0.0863. The second-order valence-electron chi connectivity index (χ2n) is 9.20. The van der Waals surface area contributed by atoms with Gasteiger partial charge in [-0.15, -0.1) is 10.2 Å². The zero-order valence-corrected chi connectivity index (χ0v) is 21.1. The van der Waals surface area contributed by atoms with E-state index in [1.54, 1.807) is 24.3 Å². The summed E-state index contributed by atoms with van der Waals surface area (Å²) in [6.45, 7) is 0.105. The van der Waals surface area contributed by atoms with E-state index in [4.69, 9.17) is 0 Å². The fraction of sp³-hybridized carbons (Fsp3) is 0.143. The van der Waals surface area contributed by atoms with E-state index in [1.165, 1.54) is 4.31 Å². The molecular weight excluding hydrogens is 500 g/mol. The quantitative estimate of drug-likeness (QED) is 0.349. The molecule has 0 fully saturated rings. The number of H-pyrrole nitrogens is 1. The van der Waals surface area contributed by atoms with E-state index in [0.29, 0.717) is 17.9 Å². The summed E-state index contributed by atoms with van der Waals surface area (Å²) in [5, 5.41) is 18.8. The molecule has 1 amide bonds. The Morgan fingerprint density at radius 2 is 1.66 bits per heavy atom. The largest absolute Gasteiger partial charge is 0.324 e. The van der Waals surface area contributed by atoms with Crippen LogP contribution in [0.15, 0.2) is 95.9 Å². The molecule has 0 saturated heterocycles. The first-order chi connectivity index (χ1) is 18.5. The van der Waals surface area contributed by atoms with Crippen LogP contribution in [-0.2, 0) is 34.2 Å². The molecule has 0 bridgehead atoms. The summed E-state index contributed by atoms with van der Waals surface area (Å²) < 4.78 is 29.3. The van der Waals surface area contributed by atoms with Gasteiger partial charge in [-0.1, -0.05) is 78.0 Å². The van der Waals surface area contributed by atoms with Gasteiger partial charge in [-0.05, 0) is 52.1 Å². The normalized spacial score (nSPS) is 15.7. The summed E-state index contributed by atoms with van der Waals surface area (Å²) in [6.07, 6.45) is 0.626. The molecule has 4 aromatic carbocycles. The first-order valence-corrected chi connectivity index (χ1v) is 13.6. The van der Waals surface area contributed by atoms with Crippen molar-refractivity contribution in [1.82, 2.24) is 24.9 Å². The molecule has 5 aromatic rings. The van der Waals surface area contributed by atoms with Crippen LogP contribution in [-0.4, -0.2) is 45.3 Å². The average Bonchev–Trinajstić information content (AvgIpc) is 3.46. The zero-order chi connectivity index (χ0) is 26.1. The molecule has 1 aromatic heterocycles. The van der Waals surface area contributed by atoms with Gasteiger partial charge < -0.3 is 5.32 Å². The lowest BCUT2D eigenvalue weighted by Crippen LogP contribution is -2.50. The Morgan fingerprint density at radius 1 is 0.921 bits per heavy atom. The average molecular weight is 525 g/mol. The summed E-state index contributed by atoms with van der Waals surface area (Å²) >= 11 is 0. The number of carbonyl (C=O) groups is 1. The Balaban J connectivity index is 1.35. The third-order valence-corrected chi connectivity index (χ3v) is 8.70. The summed E-state index contributed by atoms with van der Waals surface area (Å²) in [4.78, 5) is 13.9. The lowest BCUT2D eigenvalue weighted by molar-refractivity contribution is -0.120. The van der Waals surface area contributed by atoms with Crippen LogP contribution < -0.4 is 5.32 Å². The maximum Gasteiger partial charge on any atom is 0.244 e. The molecule has 190 valence electrons. The summed E-state index contributed by atoms with van der Waals surface area (Å²) in [6, 6.07) is 26.7. The molecule has 6 rings (SSSR count). The molecule has 0 aliphatic carbocycles. The molecule has 2 N–H and O–H groups in total. The molecule has 1 unspecified atom stereocenters. The van der Waals surface area contributed by atoms with Crippen molar-refractivity contribution in [3.05, 3.63) is 114 Å². The van der Waals surface area contributed by atoms with Crippen molar-refractivity contribution >= 4 is 32.4 Å². The summed E-state index contributed by atoms with van der Waals surface area (Å²) in [7, 11) is -3.99. The second kappa shape index (κ2) is 9.81. The standard InChI is InChI=1S/C28H24N6O3S/c35-28(29-25-12-6-5-10-22(25)17-27-30-32-33-31-27)26-16-21-9-3-4-11-23(21)18-34(26)38(36,37)24-14-13-19-7-1-2-8-20(19)15-24/h1-15,26H,16-18H2,(H,29,35)(H,30,31,32,33). The smallest absolute Gasteiger partial charge is 0.244 e. The lowest BCUT2D eigenvalue weighted by Gasteiger charge is -2.35. The van der Waals surface area contributed by atoms with Crippen LogP contribution in [0.4, 0.5) is 5.69 Å². The van der Waals surface area contributed by atoms with Gasteiger partial charge in [0.2, 0.25) is 15.9 Å². The van der Waals surface area contributed by atoms with Crippen LogP contribution in [0.5, 0.6) is 0 Å². The number of nitrogens with one attached hydrogen (secondary N) is 2. The number of aromatic nitrogens is 4. The first kappa shape index (κ1) is 24.0. The number of aromatic amines is 1. The SMILES string of the molecule is O=C(Nc1ccccc1Cc1nn[nH]n1)C1Cc2ccccc2CN1S(=O)(=O)c1ccc2ccccc2c1. The highest BCUT2D eigenvalue weighted by atomic mass is 32.2. The number of nitrogens with zero attached hydrogens (tertiary/aromatic N) is 4. The Bertz CT molecular complexity index is 1740. The number of hydrogen-bond donors (Lipinski definition) is 2. The van der Waals surface area contributed by atoms with Gasteiger partial charge in [-0.2, -0.15) is 9.52 Å². The number of tetrazole rings is 1. The third kappa shape index (κ3) is 4.55. The van der Waals surface area contributed by atoms with E-state index < -0.39 is 22.0 Å². The first-order valence-electron chi connectivity index (χ1n) is 12.2. The summed E-state index contributed by atoms with van der Waals surface area (Å²) in [5.41, 5.74) is 3.21. The minimum atomic E-state index is -3.99. The number of benzene rings is 4. The van der Waals surface area contributed by atoms with E-state index >= 15 is 0 Å². The molecule has 10 heteroatoms. The van der Waals surface area contributed by atoms with Gasteiger partial charge in [0.05, 0.1) is 4.90 Å². The van der Waals surface area contributed by atoms with Gasteiger partial charge in [-0.25, -0.2) is 8.42 Å². The van der Waals surface area contributed by atoms with E-state index in [0.717, 1.165) is 27.5 Å². The number of anilines is 1. The highest BCUT2D eigenvalue weighted by Gasteiger charge is 2.39. The van der Waals surface area contributed by atoms with Crippen molar-refractivity contribution in [1.29, 1.82) is 0 Å². The van der Waals surface area contributed by atoms with Crippen molar-refractivity contribution in [2.75, 3.05) is 5.32 Å². The maximum atomic E-state index is 14.0. The molecule has 0 spiro atoms. The Kier molecular flexibility index (Phi) is 6.18. The van der Waals surface area contributed by atoms with Gasteiger partial charge in [0, 0.05) is 18.7 Å². The van der Waals surface area contributed by atoms with Gasteiger partial charge in [-0.3, -0.25) is 4.79 Å². The molecule has 9 nitrogen and oxygen atoms in total. The van der Waals surface area contributed by atoms with Crippen LogP contribution in [0.25, 0.3) is 10.8 Å². The van der Waals surface area contributed by atoms with Gasteiger partial charge in [0.25, 0.3) is 0 Å². The fourth-order valence-electron chi connectivity index (χ4n) is 4.88. The molecule has 0 saturated carbocycles. The number of fused-ring (bicyclic) bond motifs is 2. The lowest BCUT2D eigenvalue weighted by atomic mass is 9.95. The van der Waals surface area contributed by atoms with Gasteiger partial charge in [0.15, 0.2) is 5.82 Å². The third-order valence-electron chi connectivity index (χ3n) is 6.85. The number of hydrogen-bond acceptors (Lipinski definition) is 6. The van der Waals surface area contributed by atoms with Crippen molar-refractivity contribution in [3.8, 4) is 0 Å². The molecular formula is C28H24N6O3S. The highest BCUT2D eigenvalue weighted by molar-refractivity contribution is 7.89. The van der Waals surface area contributed by atoms with Gasteiger partial charge >= 0.3 is 0 Å². The van der Waals surface area contributed by atoms with Crippen LogP contribution in [0.2, 0.25) is 0 Å². The Morgan fingerprint density at radius 3 is 2.47 bits per heavy atom. The van der Waals surface area contributed by atoms with E-state index in [2.05, 4.69) is 25.9 Å². The second-order valence-corrected chi connectivity index (χ2v) is 11.1. The topological polar surface area (TPSA) is 121 Å². The minimum Gasteiger partial charge on any atom is -0.324 e. The predicted octanol–water partition coefficient (Wildman–Crippen LogP) is 3.70. The fourth-order valence-corrected chi connectivity index (χ4v) is 6.48. The van der Waals surface area contributed by atoms with Crippen LogP contribution in [0, 0.1) is 0 Å². The number of sulfonamides is 1. The van der Waals surface area contributed by atoms with Crippen LogP contribution in [0.1, 0.15) is 22.5 Å².